The van der Waals surface area contributed by atoms with Gasteiger partial charge in [-0.15, -0.1) is 0 Å². The quantitative estimate of drug-likeness (QED) is 0.759. The summed E-state index contributed by atoms with van der Waals surface area (Å²) < 4.78 is 5.08. The van der Waals surface area contributed by atoms with Crippen LogP contribution in [0.2, 0.25) is 0 Å². The van der Waals surface area contributed by atoms with E-state index in [1.165, 1.54) is 0 Å². The van der Waals surface area contributed by atoms with Crippen molar-refractivity contribution in [3.8, 4) is 0 Å². The van der Waals surface area contributed by atoms with Gasteiger partial charge in [-0.25, -0.2) is 0 Å². The van der Waals surface area contributed by atoms with Gasteiger partial charge < -0.3 is 15.0 Å². The van der Waals surface area contributed by atoms with Gasteiger partial charge >= 0.3 is 0 Å². The second-order valence-corrected chi connectivity index (χ2v) is 4.65. The predicted octanol–water partition coefficient (Wildman–Crippen LogP) is 0.394. The number of rotatable bonds is 5. The number of hydrogen-bond donors (Lipinski definition) is 1. The minimum atomic E-state index is -0.369. The van der Waals surface area contributed by atoms with Crippen LogP contribution in [0.3, 0.4) is 0 Å². The van der Waals surface area contributed by atoms with Crippen molar-refractivity contribution < 1.29 is 14.3 Å². The van der Waals surface area contributed by atoms with E-state index in [2.05, 4.69) is 5.32 Å². The lowest BCUT2D eigenvalue weighted by molar-refractivity contribution is -0.151. The number of nitrogens with zero attached hydrogens (tertiary/aromatic N) is 1. The third kappa shape index (κ3) is 2.97. The van der Waals surface area contributed by atoms with Crippen LogP contribution in [0.1, 0.15) is 27.2 Å². The fraction of sp³-hybridized carbons (Fsp3) is 0.833. The Labute approximate surface area is 102 Å². The van der Waals surface area contributed by atoms with Crippen molar-refractivity contribution in [2.24, 2.45) is 5.92 Å². The van der Waals surface area contributed by atoms with Gasteiger partial charge in [0.05, 0.1) is 19.2 Å². The molecule has 3 unspecified atom stereocenters. The molecular formula is C12H22N2O3. The van der Waals surface area contributed by atoms with E-state index < -0.39 is 0 Å². The molecule has 1 heterocycles. The topological polar surface area (TPSA) is 58.6 Å². The average molecular weight is 242 g/mol. The summed E-state index contributed by atoms with van der Waals surface area (Å²) in [6.45, 7) is 6.48. The standard InChI is InChI=1S/C12H22N2O3/c1-5-8(2)11-12(16)13-6-10(15)14(11)9(3)7-17-4/h8-9,11H,5-7H2,1-4H3,(H,13,16). The summed E-state index contributed by atoms with van der Waals surface area (Å²) in [6.07, 6.45) is 0.863. The molecule has 0 aromatic heterocycles. The van der Waals surface area contributed by atoms with Crippen molar-refractivity contribution in [1.82, 2.24) is 10.2 Å². The molecule has 98 valence electrons. The first-order chi connectivity index (χ1) is 8.02. The monoisotopic (exact) mass is 242 g/mol. The molecule has 1 N–H and O–H groups in total. The molecule has 1 rings (SSSR count). The summed E-state index contributed by atoms with van der Waals surface area (Å²) >= 11 is 0. The number of nitrogens with one attached hydrogen (secondary N) is 1. The fourth-order valence-electron chi connectivity index (χ4n) is 2.24. The molecule has 0 spiro atoms. The number of methoxy groups -OCH3 is 1. The van der Waals surface area contributed by atoms with Gasteiger partial charge in [0.15, 0.2) is 0 Å². The summed E-state index contributed by atoms with van der Waals surface area (Å²) in [5.74, 6) is 0.0694. The third-order valence-electron chi connectivity index (χ3n) is 3.34. The van der Waals surface area contributed by atoms with Crippen LogP contribution in [0.4, 0.5) is 0 Å². The molecule has 17 heavy (non-hydrogen) atoms. The molecule has 5 heteroatoms. The maximum absolute atomic E-state index is 11.9. The molecule has 0 radical (unpaired) electrons. The number of carbonyl (C=O) groups is 2. The second kappa shape index (κ2) is 6.00. The van der Waals surface area contributed by atoms with E-state index >= 15 is 0 Å². The van der Waals surface area contributed by atoms with Gasteiger partial charge in [0.1, 0.15) is 6.04 Å². The molecule has 3 atom stereocenters. The minimum Gasteiger partial charge on any atom is -0.383 e. The van der Waals surface area contributed by atoms with Gasteiger partial charge in [-0.3, -0.25) is 9.59 Å². The highest BCUT2D eigenvalue weighted by Gasteiger charge is 2.39. The number of hydrogen-bond acceptors (Lipinski definition) is 3. The van der Waals surface area contributed by atoms with Gasteiger partial charge in [-0.1, -0.05) is 20.3 Å². The van der Waals surface area contributed by atoms with E-state index in [-0.39, 0.29) is 36.4 Å². The average Bonchev–Trinajstić information content (AvgIpc) is 2.31. The summed E-state index contributed by atoms with van der Waals surface area (Å²) in [6, 6.07) is -0.441. The molecule has 1 saturated heterocycles. The van der Waals surface area contributed by atoms with Gasteiger partial charge in [-0.05, 0) is 12.8 Å². The van der Waals surface area contributed by atoms with Crippen LogP contribution in [0.15, 0.2) is 0 Å². The first-order valence-electron chi connectivity index (χ1n) is 6.10. The molecule has 2 amide bonds. The summed E-state index contributed by atoms with van der Waals surface area (Å²) in [4.78, 5) is 25.5. The normalized spacial score (nSPS) is 24.5. The van der Waals surface area contributed by atoms with E-state index in [1.54, 1.807) is 12.0 Å². The third-order valence-corrected chi connectivity index (χ3v) is 3.34. The minimum absolute atomic E-state index is 0.0283. The van der Waals surface area contributed by atoms with Crippen LogP contribution in [0.25, 0.3) is 0 Å². The summed E-state index contributed by atoms with van der Waals surface area (Å²) in [5.41, 5.74) is 0. The van der Waals surface area contributed by atoms with E-state index in [0.29, 0.717) is 6.61 Å². The van der Waals surface area contributed by atoms with Crippen LogP contribution in [-0.4, -0.2) is 49.1 Å². The molecule has 1 fully saturated rings. The highest BCUT2D eigenvalue weighted by Crippen LogP contribution is 2.20. The lowest BCUT2D eigenvalue weighted by atomic mass is 9.94. The van der Waals surface area contributed by atoms with Gasteiger partial charge in [-0.2, -0.15) is 0 Å². The molecule has 0 saturated carbocycles. The molecule has 0 aromatic rings. The summed E-state index contributed by atoms with van der Waals surface area (Å²) in [7, 11) is 1.60. The molecular weight excluding hydrogens is 220 g/mol. The molecule has 5 nitrogen and oxygen atoms in total. The Kier molecular flexibility index (Phi) is 4.93. The maximum Gasteiger partial charge on any atom is 0.243 e. The fourth-order valence-corrected chi connectivity index (χ4v) is 2.24. The molecule has 0 aromatic carbocycles. The lowest BCUT2D eigenvalue weighted by Gasteiger charge is -2.41. The van der Waals surface area contributed by atoms with Crippen LogP contribution in [-0.2, 0) is 14.3 Å². The number of carbonyl (C=O) groups excluding carboxylic acids is 2. The Morgan fingerprint density at radius 3 is 2.65 bits per heavy atom. The lowest BCUT2D eigenvalue weighted by Crippen LogP contribution is -2.63. The zero-order chi connectivity index (χ0) is 13.0. The smallest absolute Gasteiger partial charge is 0.243 e. The predicted molar refractivity (Wildman–Crippen MR) is 64.4 cm³/mol. The Hall–Kier alpha value is -1.10. The molecule has 0 aliphatic carbocycles. The maximum atomic E-state index is 11.9. The second-order valence-electron chi connectivity index (χ2n) is 4.65. The van der Waals surface area contributed by atoms with Crippen molar-refractivity contribution in [2.75, 3.05) is 20.3 Å². The highest BCUT2D eigenvalue weighted by atomic mass is 16.5. The Bertz CT molecular complexity index is 293. The number of piperazine rings is 1. The Morgan fingerprint density at radius 1 is 1.47 bits per heavy atom. The number of amides is 2. The Morgan fingerprint density at radius 2 is 2.12 bits per heavy atom. The van der Waals surface area contributed by atoms with E-state index in [4.69, 9.17) is 4.74 Å². The first-order valence-corrected chi connectivity index (χ1v) is 6.10. The van der Waals surface area contributed by atoms with Gasteiger partial charge in [0, 0.05) is 7.11 Å². The zero-order valence-electron chi connectivity index (χ0n) is 11.0. The highest BCUT2D eigenvalue weighted by molar-refractivity contribution is 5.95. The molecule has 0 bridgehead atoms. The van der Waals surface area contributed by atoms with Crippen molar-refractivity contribution in [3.05, 3.63) is 0 Å². The summed E-state index contributed by atoms with van der Waals surface area (Å²) in [5, 5.41) is 2.65. The van der Waals surface area contributed by atoms with Crippen molar-refractivity contribution in [3.63, 3.8) is 0 Å². The van der Waals surface area contributed by atoms with Crippen LogP contribution < -0.4 is 5.32 Å². The molecule has 1 aliphatic heterocycles. The number of ether oxygens (including phenoxy) is 1. The Balaban J connectivity index is 2.91. The van der Waals surface area contributed by atoms with E-state index in [0.717, 1.165) is 6.42 Å². The van der Waals surface area contributed by atoms with Gasteiger partial charge in [0.25, 0.3) is 0 Å². The zero-order valence-corrected chi connectivity index (χ0v) is 11.0. The van der Waals surface area contributed by atoms with Crippen LogP contribution in [0.5, 0.6) is 0 Å². The SMILES string of the molecule is CCC(C)C1C(=O)NCC(=O)N1C(C)COC. The largest absolute Gasteiger partial charge is 0.383 e. The van der Waals surface area contributed by atoms with Crippen LogP contribution in [0, 0.1) is 5.92 Å². The van der Waals surface area contributed by atoms with Crippen molar-refractivity contribution in [2.45, 2.75) is 39.3 Å². The van der Waals surface area contributed by atoms with E-state index in [9.17, 15) is 9.59 Å². The van der Waals surface area contributed by atoms with Crippen molar-refractivity contribution in [1.29, 1.82) is 0 Å². The first kappa shape index (κ1) is 14.0. The van der Waals surface area contributed by atoms with Crippen molar-refractivity contribution >= 4 is 11.8 Å². The van der Waals surface area contributed by atoms with E-state index in [1.807, 2.05) is 20.8 Å². The molecule has 1 aliphatic rings. The van der Waals surface area contributed by atoms with Crippen LogP contribution >= 0.6 is 0 Å². The van der Waals surface area contributed by atoms with Gasteiger partial charge in [0.2, 0.25) is 11.8 Å².